The van der Waals surface area contributed by atoms with Gasteiger partial charge in [-0.3, -0.25) is 4.79 Å². The van der Waals surface area contributed by atoms with Crippen LogP contribution in [-0.2, 0) is 4.79 Å². The lowest BCUT2D eigenvalue weighted by Gasteiger charge is -2.35. The second kappa shape index (κ2) is 10.1. The van der Waals surface area contributed by atoms with Crippen LogP contribution >= 0.6 is 0 Å². The molecule has 4 rings (SSSR count). The van der Waals surface area contributed by atoms with E-state index in [2.05, 4.69) is 35.8 Å². The van der Waals surface area contributed by atoms with Gasteiger partial charge < -0.3 is 19.4 Å². The number of ether oxygens (including phenoxy) is 1. The minimum absolute atomic E-state index is 0.263. The minimum atomic E-state index is 0.263. The summed E-state index contributed by atoms with van der Waals surface area (Å²) in [6, 6.07) is 9.21. The van der Waals surface area contributed by atoms with Gasteiger partial charge in [0.05, 0.1) is 12.6 Å². The van der Waals surface area contributed by atoms with Crippen LogP contribution in [0.15, 0.2) is 24.3 Å². The molecule has 0 bridgehead atoms. The minimum Gasteiger partial charge on any atom is -0.494 e. The van der Waals surface area contributed by atoms with Gasteiger partial charge in [0.15, 0.2) is 0 Å². The highest BCUT2D eigenvalue weighted by molar-refractivity contribution is 5.96. The summed E-state index contributed by atoms with van der Waals surface area (Å²) in [6.07, 6.45) is 7.92. The van der Waals surface area contributed by atoms with Gasteiger partial charge in [-0.2, -0.15) is 0 Å². The van der Waals surface area contributed by atoms with Crippen LogP contribution in [0.3, 0.4) is 0 Å². The molecule has 0 N–H and O–H groups in total. The second-order valence-electron chi connectivity index (χ2n) is 9.66. The summed E-state index contributed by atoms with van der Waals surface area (Å²) in [4.78, 5) is 19.8. The van der Waals surface area contributed by atoms with Crippen molar-refractivity contribution < 1.29 is 9.53 Å². The van der Waals surface area contributed by atoms with Gasteiger partial charge in [0.1, 0.15) is 5.75 Å². The molecule has 166 valence electrons. The fraction of sp³-hybridized carbons (Fsp3) is 0.720. The van der Waals surface area contributed by atoms with Crippen molar-refractivity contribution in [1.29, 1.82) is 0 Å². The van der Waals surface area contributed by atoms with E-state index >= 15 is 0 Å². The van der Waals surface area contributed by atoms with Crippen molar-refractivity contribution in [2.24, 2.45) is 5.92 Å². The molecule has 3 heterocycles. The van der Waals surface area contributed by atoms with E-state index in [0.29, 0.717) is 12.5 Å². The standard InChI is InChI=1S/C25H39N3O2/c1-20-12-16-26(17-13-20)19-23-8-11-25(29)28(23)22-6-9-24(10-7-22)30-18-4-15-27-14-3-5-21(27)2/h6-7,9-10,20-21,23H,3-5,8,11-19H2,1-2H3. The Morgan fingerprint density at radius 1 is 1.00 bits per heavy atom. The first-order chi connectivity index (χ1) is 14.6. The van der Waals surface area contributed by atoms with Gasteiger partial charge in [0.2, 0.25) is 5.91 Å². The zero-order valence-electron chi connectivity index (χ0n) is 18.9. The summed E-state index contributed by atoms with van der Waals surface area (Å²) in [5.74, 6) is 2.01. The Bertz CT molecular complexity index is 684. The summed E-state index contributed by atoms with van der Waals surface area (Å²) in [7, 11) is 0. The first-order valence-corrected chi connectivity index (χ1v) is 12.1. The molecule has 2 unspecified atom stereocenters. The number of benzene rings is 1. The fourth-order valence-electron chi connectivity index (χ4n) is 5.30. The van der Waals surface area contributed by atoms with Crippen LogP contribution in [0.4, 0.5) is 5.69 Å². The van der Waals surface area contributed by atoms with E-state index in [0.717, 1.165) is 55.9 Å². The molecular formula is C25H39N3O2. The van der Waals surface area contributed by atoms with Crippen molar-refractivity contribution in [3.05, 3.63) is 24.3 Å². The molecule has 0 radical (unpaired) electrons. The largest absolute Gasteiger partial charge is 0.494 e. The molecule has 1 aromatic rings. The van der Waals surface area contributed by atoms with Gasteiger partial charge in [0.25, 0.3) is 0 Å². The van der Waals surface area contributed by atoms with Crippen molar-refractivity contribution in [3.8, 4) is 5.75 Å². The van der Waals surface area contributed by atoms with Crippen LogP contribution in [0.5, 0.6) is 5.75 Å². The van der Waals surface area contributed by atoms with Gasteiger partial charge in [-0.15, -0.1) is 0 Å². The molecule has 3 fully saturated rings. The van der Waals surface area contributed by atoms with Crippen molar-refractivity contribution in [3.63, 3.8) is 0 Å². The normalized spacial score (nSPS) is 26.6. The Morgan fingerprint density at radius 3 is 2.47 bits per heavy atom. The van der Waals surface area contributed by atoms with Crippen LogP contribution in [0.2, 0.25) is 0 Å². The Morgan fingerprint density at radius 2 is 1.77 bits per heavy atom. The van der Waals surface area contributed by atoms with Gasteiger partial charge in [-0.25, -0.2) is 0 Å². The molecule has 5 nitrogen and oxygen atoms in total. The number of piperidine rings is 1. The maximum absolute atomic E-state index is 12.6. The Balaban J connectivity index is 1.27. The number of anilines is 1. The predicted octanol–water partition coefficient (Wildman–Crippen LogP) is 4.17. The Labute approximate surface area is 182 Å². The van der Waals surface area contributed by atoms with E-state index in [4.69, 9.17) is 4.74 Å². The molecule has 0 saturated carbocycles. The monoisotopic (exact) mass is 413 g/mol. The highest BCUT2D eigenvalue weighted by Crippen LogP contribution is 2.30. The van der Waals surface area contributed by atoms with Gasteiger partial charge >= 0.3 is 0 Å². The zero-order valence-corrected chi connectivity index (χ0v) is 18.9. The summed E-state index contributed by atoms with van der Waals surface area (Å²) >= 11 is 0. The maximum Gasteiger partial charge on any atom is 0.227 e. The number of nitrogens with zero attached hydrogens (tertiary/aromatic N) is 3. The number of hydrogen-bond acceptors (Lipinski definition) is 4. The average molecular weight is 414 g/mol. The first-order valence-electron chi connectivity index (χ1n) is 12.1. The second-order valence-corrected chi connectivity index (χ2v) is 9.66. The third-order valence-corrected chi connectivity index (χ3v) is 7.33. The first kappa shape index (κ1) is 21.6. The number of carbonyl (C=O) groups is 1. The van der Waals surface area contributed by atoms with E-state index in [9.17, 15) is 4.79 Å². The molecule has 2 atom stereocenters. The lowest BCUT2D eigenvalue weighted by Crippen LogP contribution is -2.44. The quantitative estimate of drug-likeness (QED) is 0.600. The molecule has 0 aromatic heterocycles. The molecule has 3 aliphatic heterocycles. The third-order valence-electron chi connectivity index (χ3n) is 7.33. The molecule has 1 amide bonds. The maximum atomic E-state index is 12.6. The number of rotatable bonds is 8. The molecule has 0 spiro atoms. The van der Waals surface area contributed by atoms with E-state index in [-0.39, 0.29) is 5.91 Å². The number of carbonyl (C=O) groups excluding carboxylic acids is 1. The van der Waals surface area contributed by atoms with Crippen LogP contribution in [0, 0.1) is 5.92 Å². The van der Waals surface area contributed by atoms with E-state index in [1.165, 1.54) is 45.3 Å². The smallest absolute Gasteiger partial charge is 0.227 e. The van der Waals surface area contributed by atoms with Crippen LogP contribution < -0.4 is 9.64 Å². The molecule has 30 heavy (non-hydrogen) atoms. The van der Waals surface area contributed by atoms with Gasteiger partial charge in [-0.1, -0.05) is 6.92 Å². The average Bonchev–Trinajstić information content (AvgIpc) is 3.33. The topological polar surface area (TPSA) is 36.0 Å². The van der Waals surface area contributed by atoms with E-state index < -0.39 is 0 Å². The van der Waals surface area contributed by atoms with Gasteiger partial charge in [0, 0.05) is 31.2 Å². The summed E-state index contributed by atoms with van der Waals surface area (Å²) in [5, 5.41) is 0. The van der Waals surface area contributed by atoms with Crippen LogP contribution in [-0.4, -0.2) is 67.1 Å². The van der Waals surface area contributed by atoms with E-state index in [1.807, 2.05) is 17.0 Å². The third kappa shape index (κ3) is 5.36. The van der Waals surface area contributed by atoms with Crippen molar-refractivity contribution in [2.45, 2.75) is 70.9 Å². The van der Waals surface area contributed by atoms with Crippen LogP contribution in [0.25, 0.3) is 0 Å². The van der Waals surface area contributed by atoms with E-state index in [1.54, 1.807) is 0 Å². The molecule has 0 aliphatic carbocycles. The highest BCUT2D eigenvalue weighted by Gasteiger charge is 2.33. The fourth-order valence-corrected chi connectivity index (χ4v) is 5.30. The number of hydrogen-bond donors (Lipinski definition) is 0. The predicted molar refractivity (Wildman–Crippen MR) is 122 cm³/mol. The highest BCUT2D eigenvalue weighted by atomic mass is 16.5. The lowest BCUT2D eigenvalue weighted by molar-refractivity contribution is -0.117. The summed E-state index contributed by atoms with van der Waals surface area (Å²) < 4.78 is 5.97. The Kier molecular flexibility index (Phi) is 7.32. The van der Waals surface area contributed by atoms with Crippen molar-refractivity contribution in [1.82, 2.24) is 9.80 Å². The molecule has 5 heteroatoms. The lowest BCUT2D eigenvalue weighted by atomic mass is 9.98. The Hall–Kier alpha value is -1.59. The number of likely N-dealkylation sites (tertiary alicyclic amines) is 2. The molecule has 3 saturated heterocycles. The summed E-state index contributed by atoms with van der Waals surface area (Å²) in [6.45, 7) is 11.1. The van der Waals surface area contributed by atoms with Gasteiger partial charge in [-0.05, 0) is 95.3 Å². The molecular weight excluding hydrogens is 374 g/mol. The SMILES string of the molecule is CC1CCN(CC2CCC(=O)N2c2ccc(OCCCN3CCCC3C)cc2)CC1. The summed E-state index contributed by atoms with van der Waals surface area (Å²) in [5.41, 5.74) is 1.02. The number of amides is 1. The van der Waals surface area contributed by atoms with Crippen LogP contribution in [0.1, 0.15) is 58.8 Å². The van der Waals surface area contributed by atoms with Crippen molar-refractivity contribution in [2.75, 3.05) is 44.2 Å². The molecule has 3 aliphatic rings. The van der Waals surface area contributed by atoms with Crippen molar-refractivity contribution >= 4 is 11.6 Å². The zero-order chi connectivity index (χ0) is 20.9. The molecule has 1 aromatic carbocycles.